The zero-order valence-corrected chi connectivity index (χ0v) is 15.6. The summed E-state index contributed by atoms with van der Waals surface area (Å²) < 4.78 is 5.41. The predicted octanol–water partition coefficient (Wildman–Crippen LogP) is 2.97. The van der Waals surface area contributed by atoms with Crippen LogP contribution in [0.3, 0.4) is 0 Å². The Morgan fingerprint density at radius 2 is 1.93 bits per heavy atom. The van der Waals surface area contributed by atoms with E-state index in [0.29, 0.717) is 35.0 Å². The Morgan fingerprint density at radius 1 is 1.19 bits per heavy atom. The molecule has 27 heavy (non-hydrogen) atoms. The summed E-state index contributed by atoms with van der Waals surface area (Å²) in [4.78, 5) is 37.9. The number of hydrogen-bond donors (Lipinski definition) is 1. The second kappa shape index (κ2) is 8.22. The van der Waals surface area contributed by atoms with E-state index in [0.717, 1.165) is 5.56 Å². The van der Waals surface area contributed by atoms with Crippen molar-refractivity contribution in [2.45, 2.75) is 19.9 Å². The van der Waals surface area contributed by atoms with E-state index >= 15 is 0 Å². The fourth-order valence-electron chi connectivity index (χ4n) is 2.76. The molecular weight excluding hydrogens is 368 g/mol. The van der Waals surface area contributed by atoms with Crippen molar-refractivity contribution >= 4 is 34.9 Å². The van der Waals surface area contributed by atoms with Gasteiger partial charge in [-0.2, -0.15) is 0 Å². The summed E-state index contributed by atoms with van der Waals surface area (Å²) in [5.41, 5.74) is 1.82. The molecule has 0 saturated heterocycles. The van der Waals surface area contributed by atoms with Crippen LogP contribution in [0, 0.1) is 0 Å². The van der Waals surface area contributed by atoms with Gasteiger partial charge in [-0.3, -0.25) is 19.3 Å². The number of halogens is 1. The van der Waals surface area contributed by atoms with Gasteiger partial charge in [0.15, 0.2) is 12.4 Å². The molecule has 7 heteroatoms. The highest BCUT2D eigenvalue weighted by Crippen LogP contribution is 2.33. The fourth-order valence-corrected chi connectivity index (χ4v) is 2.88. The summed E-state index contributed by atoms with van der Waals surface area (Å²) >= 11 is 5.85. The van der Waals surface area contributed by atoms with Crippen LogP contribution in [0.25, 0.3) is 0 Å². The van der Waals surface area contributed by atoms with E-state index < -0.39 is 0 Å². The number of carbonyl (C=O) groups is 3. The second-order valence-electron chi connectivity index (χ2n) is 6.13. The Bertz CT molecular complexity index is 880. The highest BCUT2D eigenvalue weighted by molar-refractivity contribution is 6.30. The van der Waals surface area contributed by atoms with Gasteiger partial charge < -0.3 is 10.1 Å². The first kappa shape index (κ1) is 18.9. The lowest BCUT2D eigenvalue weighted by Gasteiger charge is -2.29. The van der Waals surface area contributed by atoms with Crippen LogP contribution in [0.2, 0.25) is 5.02 Å². The molecule has 0 aromatic heterocycles. The van der Waals surface area contributed by atoms with Gasteiger partial charge in [0.25, 0.3) is 5.91 Å². The van der Waals surface area contributed by atoms with Crippen molar-refractivity contribution in [3.63, 3.8) is 0 Å². The quantitative estimate of drug-likeness (QED) is 0.774. The highest BCUT2D eigenvalue weighted by Gasteiger charge is 2.28. The standard InChI is InChI=1S/C20H19ClN2O4/c1-2-17(24)14-5-8-18-16(9-14)23(20(26)12-27-18)11-19(25)22-10-13-3-6-15(21)7-4-13/h3-9H,2,10-12H2,1H3,(H,22,25). The van der Waals surface area contributed by atoms with Crippen LogP contribution in [-0.4, -0.2) is 30.7 Å². The van der Waals surface area contributed by atoms with Crippen LogP contribution in [0.15, 0.2) is 42.5 Å². The van der Waals surface area contributed by atoms with E-state index in [1.54, 1.807) is 37.3 Å². The molecule has 0 atom stereocenters. The van der Waals surface area contributed by atoms with Gasteiger partial charge in [0.1, 0.15) is 12.3 Å². The van der Waals surface area contributed by atoms with Gasteiger partial charge in [0.05, 0.1) is 5.69 Å². The Kier molecular flexibility index (Phi) is 5.76. The van der Waals surface area contributed by atoms with E-state index in [4.69, 9.17) is 16.3 Å². The van der Waals surface area contributed by atoms with Gasteiger partial charge in [-0.1, -0.05) is 30.7 Å². The number of benzene rings is 2. The maximum Gasteiger partial charge on any atom is 0.265 e. The number of rotatable bonds is 6. The molecule has 0 spiro atoms. The molecule has 0 fully saturated rings. The second-order valence-corrected chi connectivity index (χ2v) is 6.57. The minimum Gasteiger partial charge on any atom is -0.482 e. The number of nitrogens with one attached hydrogen (secondary N) is 1. The van der Waals surface area contributed by atoms with Gasteiger partial charge in [-0.05, 0) is 35.9 Å². The minimum atomic E-state index is -0.328. The van der Waals surface area contributed by atoms with E-state index in [1.807, 2.05) is 12.1 Å². The third kappa shape index (κ3) is 4.46. The van der Waals surface area contributed by atoms with Gasteiger partial charge in [-0.15, -0.1) is 0 Å². The largest absolute Gasteiger partial charge is 0.482 e. The lowest BCUT2D eigenvalue weighted by Crippen LogP contribution is -2.45. The number of nitrogens with zero attached hydrogens (tertiary/aromatic N) is 1. The number of Topliss-reactive ketones (excluding diaryl/α,β-unsaturated/α-hetero) is 1. The lowest BCUT2D eigenvalue weighted by atomic mass is 10.1. The SMILES string of the molecule is CCC(=O)c1ccc2c(c1)N(CC(=O)NCc1ccc(Cl)cc1)C(=O)CO2. The number of anilines is 1. The van der Waals surface area contributed by atoms with Crippen LogP contribution >= 0.6 is 11.6 Å². The smallest absolute Gasteiger partial charge is 0.265 e. The van der Waals surface area contributed by atoms with E-state index in [2.05, 4.69) is 5.32 Å². The highest BCUT2D eigenvalue weighted by atomic mass is 35.5. The Balaban J connectivity index is 1.72. The van der Waals surface area contributed by atoms with Crippen LogP contribution < -0.4 is 15.0 Å². The van der Waals surface area contributed by atoms with Crippen molar-refractivity contribution in [1.29, 1.82) is 0 Å². The molecule has 0 saturated carbocycles. The minimum absolute atomic E-state index is 0.0389. The molecular formula is C20H19ClN2O4. The Hall–Kier alpha value is -2.86. The molecule has 140 valence electrons. The van der Waals surface area contributed by atoms with Gasteiger partial charge in [0.2, 0.25) is 5.91 Å². The van der Waals surface area contributed by atoms with Gasteiger partial charge in [0, 0.05) is 23.6 Å². The molecule has 2 aromatic rings. The zero-order valence-electron chi connectivity index (χ0n) is 14.8. The first-order valence-electron chi connectivity index (χ1n) is 8.59. The van der Waals surface area contributed by atoms with Crippen molar-refractivity contribution < 1.29 is 19.1 Å². The maximum absolute atomic E-state index is 12.3. The molecule has 0 unspecified atom stereocenters. The molecule has 2 aromatic carbocycles. The summed E-state index contributed by atoms with van der Waals surface area (Å²) in [6, 6.07) is 12.1. The van der Waals surface area contributed by atoms with E-state index in [9.17, 15) is 14.4 Å². The first-order chi connectivity index (χ1) is 13.0. The number of fused-ring (bicyclic) bond motifs is 1. The summed E-state index contributed by atoms with van der Waals surface area (Å²) in [7, 11) is 0. The third-order valence-electron chi connectivity index (χ3n) is 4.25. The molecule has 0 bridgehead atoms. The molecule has 0 aliphatic carbocycles. The third-order valence-corrected chi connectivity index (χ3v) is 4.50. The summed E-state index contributed by atoms with van der Waals surface area (Å²) in [6.45, 7) is 1.81. The Labute approximate surface area is 162 Å². The Morgan fingerprint density at radius 3 is 2.63 bits per heavy atom. The fraction of sp³-hybridized carbons (Fsp3) is 0.250. The maximum atomic E-state index is 12.3. The van der Waals surface area contributed by atoms with E-state index in [-0.39, 0.29) is 30.7 Å². The molecule has 1 aliphatic rings. The molecule has 1 heterocycles. The average molecular weight is 387 g/mol. The van der Waals surface area contributed by atoms with Crippen molar-refractivity contribution in [2.75, 3.05) is 18.1 Å². The monoisotopic (exact) mass is 386 g/mol. The average Bonchev–Trinajstić information content (AvgIpc) is 2.68. The van der Waals surface area contributed by atoms with E-state index in [1.165, 1.54) is 4.90 Å². The normalized spacial score (nSPS) is 13.0. The van der Waals surface area contributed by atoms with Crippen molar-refractivity contribution in [1.82, 2.24) is 5.32 Å². The lowest BCUT2D eigenvalue weighted by molar-refractivity contribution is -0.125. The number of ether oxygens (including phenoxy) is 1. The molecule has 1 N–H and O–H groups in total. The number of amides is 2. The number of carbonyl (C=O) groups excluding carboxylic acids is 3. The molecule has 0 radical (unpaired) electrons. The number of hydrogen-bond acceptors (Lipinski definition) is 4. The molecule has 3 rings (SSSR count). The van der Waals surface area contributed by atoms with Gasteiger partial charge in [-0.25, -0.2) is 0 Å². The molecule has 6 nitrogen and oxygen atoms in total. The van der Waals surface area contributed by atoms with Crippen LogP contribution in [0.5, 0.6) is 5.75 Å². The molecule has 2 amide bonds. The van der Waals surface area contributed by atoms with Crippen LogP contribution in [0.4, 0.5) is 5.69 Å². The molecule has 1 aliphatic heterocycles. The van der Waals surface area contributed by atoms with Gasteiger partial charge >= 0.3 is 0 Å². The van der Waals surface area contributed by atoms with Crippen LogP contribution in [-0.2, 0) is 16.1 Å². The number of ketones is 1. The predicted molar refractivity (Wildman–Crippen MR) is 102 cm³/mol. The summed E-state index contributed by atoms with van der Waals surface area (Å²) in [5.74, 6) is -0.195. The zero-order chi connectivity index (χ0) is 19.4. The summed E-state index contributed by atoms with van der Waals surface area (Å²) in [5, 5.41) is 3.41. The van der Waals surface area contributed by atoms with Crippen molar-refractivity contribution in [3.8, 4) is 5.75 Å². The first-order valence-corrected chi connectivity index (χ1v) is 8.97. The topological polar surface area (TPSA) is 75.7 Å². The van der Waals surface area contributed by atoms with Crippen LogP contribution in [0.1, 0.15) is 29.3 Å². The van der Waals surface area contributed by atoms with Crippen molar-refractivity contribution in [2.24, 2.45) is 0 Å². The summed E-state index contributed by atoms with van der Waals surface area (Å²) in [6.07, 6.45) is 0.356. The van der Waals surface area contributed by atoms with Crippen molar-refractivity contribution in [3.05, 3.63) is 58.6 Å².